The van der Waals surface area contributed by atoms with Gasteiger partial charge in [0.2, 0.25) is 11.9 Å². The molecule has 2 saturated heterocycles. The molecule has 0 saturated carbocycles. The molecule has 0 aliphatic carbocycles. The van der Waals surface area contributed by atoms with E-state index >= 15 is 0 Å². The van der Waals surface area contributed by atoms with Gasteiger partial charge in [-0.1, -0.05) is 6.92 Å². The molecule has 2 aliphatic heterocycles. The monoisotopic (exact) mass is 375 g/mol. The third-order valence-electron chi connectivity index (χ3n) is 5.73. The van der Waals surface area contributed by atoms with E-state index in [1.54, 1.807) is 19.3 Å². The second-order valence-corrected chi connectivity index (χ2v) is 7.69. The number of aromatic nitrogens is 2. The predicted molar refractivity (Wildman–Crippen MR) is 101 cm³/mol. The van der Waals surface area contributed by atoms with Gasteiger partial charge in [0.1, 0.15) is 5.60 Å². The van der Waals surface area contributed by atoms with Gasteiger partial charge in [0.25, 0.3) is 5.91 Å². The van der Waals surface area contributed by atoms with Crippen molar-refractivity contribution in [3.63, 3.8) is 0 Å². The summed E-state index contributed by atoms with van der Waals surface area (Å²) >= 11 is 0. The molecule has 3 heterocycles. The van der Waals surface area contributed by atoms with E-state index in [2.05, 4.69) is 19.8 Å². The van der Waals surface area contributed by atoms with E-state index in [4.69, 9.17) is 0 Å². The van der Waals surface area contributed by atoms with Crippen molar-refractivity contribution < 1.29 is 14.7 Å². The number of anilines is 1. The Kier molecular flexibility index (Phi) is 6.06. The number of aliphatic hydroxyl groups is 1. The molecule has 2 fully saturated rings. The molecule has 0 bridgehead atoms. The highest BCUT2D eigenvalue weighted by Crippen LogP contribution is 2.29. The number of piperazine rings is 1. The van der Waals surface area contributed by atoms with Crippen molar-refractivity contribution in [3.8, 4) is 0 Å². The second-order valence-electron chi connectivity index (χ2n) is 7.69. The average Bonchev–Trinajstić information content (AvgIpc) is 2.67. The van der Waals surface area contributed by atoms with Crippen molar-refractivity contribution in [2.45, 2.75) is 38.7 Å². The standard InChI is InChI=1S/C19H29N5O3/c1-15-14-16(25)24(17(26)19(15,2)27)9-4-3-8-22-10-12-23(13-11-22)18-20-6-5-7-21-18/h5-7,15,27H,3-4,8-14H2,1-2H3. The third-order valence-corrected chi connectivity index (χ3v) is 5.73. The lowest BCUT2D eigenvalue weighted by Gasteiger charge is -2.39. The summed E-state index contributed by atoms with van der Waals surface area (Å²) in [6.45, 7) is 8.27. The number of piperidine rings is 1. The van der Waals surface area contributed by atoms with Gasteiger partial charge in [0.15, 0.2) is 0 Å². The lowest BCUT2D eigenvalue weighted by Crippen LogP contribution is -2.58. The summed E-state index contributed by atoms with van der Waals surface area (Å²) in [5.41, 5.74) is -1.44. The quantitative estimate of drug-likeness (QED) is 0.573. The lowest BCUT2D eigenvalue weighted by atomic mass is 9.83. The van der Waals surface area contributed by atoms with Crippen LogP contribution >= 0.6 is 0 Å². The van der Waals surface area contributed by atoms with Crippen LogP contribution in [-0.4, -0.2) is 81.6 Å². The maximum absolute atomic E-state index is 12.4. The first-order chi connectivity index (χ1) is 12.9. The minimum absolute atomic E-state index is 0.171. The zero-order chi connectivity index (χ0) is 19.4. The number of hydrogen-bond donors (Lipinski definition) is 1. The van der Waals surface area contributed by atoms with Gasteiger partial charge in [-0.05, 0) is 32.4 Å². The summed E-state index contributed by atoms with van der Waals surface area (Å²) < 4.78 is 0. The molecule has 2 unspecified atom stereocenters. The summed E-state index contributed by atoms with van der Waals surface area (Å²) in [6, 6.07) is 1.82. The summed E-state index contributed by atoms with van der Waals surface area (Å²) in [7, 11) is 0. The second kappa shape index (κ2) is 8.31. The Hall–Kier alpha value is -2.06. The van der Waals surface area contributed by atoms with Gasteiger partial charge in [-0.15, -0.1) is 0 Å². The van der Waals surface area contributed by atoms with Crippen LogP contribution in [0.1, 0.15) is 33.1 Å². The Morgan fingerprint density at radius 2 is 1.74 bits per heavy atom. The van der Waals surface area contributed by atoms with Crippen molar-refractivity contribution in [1.29, 1.82) is 0 Å². The highest BCUT2D eigenvalue weighted by molar-refractivity contribution is 6.02. The van der Waals surface area contributed by atoms with Crippen molar-refractivity contribution in [1.82, 2.24) is 19.8 Å². The molecule has 148 valence electrons. The van der Waals surface area contributed by atoms with E-state index in [-0.39, 0.29) is 18.2 Å². The molecule has 8 nitrogen and oxygen atoms in total. The number of hydrogen-bond acceptors (Lipinski definition) is 7. The first-order valence-corrected chi connectivity index (χ1v) is 9.71. The van der Waals surface area contributed by atoms with Gasteiger partial charge in [0, 0.05) is 57.5 Å². The Balaban J connectivity index is 1.38. The summed E-state index contributed by atoms with van der Waals surface area (Å²) in [4.78, 5) is 38.9. The topological polar surface area (TPSA) is 89.9 Å². The molecule has 8 heteroatoms. The molecule has 0 radical (unpaired) electrons. The molecule has 1 N–H and O–H groups in total. The molecule has 2 aliphatic rings. The Labute approximate surface area is 160 Å². The number of carbonyl (C=O) groups excluding carboxylic acids is 2. The number of nitrogens with zero attached hydrogens (tertiary/aromatic N) is 5. The van der Waals surface area contributed by atoms with Gasteiger partial charge >= 0.3 is 0 Å². The summed E-state index contributed by atoms with van der Waals surface area (Å²) in [5.74, 6) is -0.183. The summed E-state index contributed by atoms with van der Waals surface area (Å²) in [6.07, 6.45) is 5.41. The van der Waals surface area contributed by atoms with Crippen LogP contribution in [0.3, 0.4) is 0 Å². The highest BCUT2D eigenvalue weighted by atomic mass is 16.3. The predicted octanol–water partition coefficient (Wildman–Crippen LogP) is 0.525. The minimum atomic E-state index is -1.44. The molecule has 0 spiro atoms. The number of unbranched alkanes of at least 4 members (excludes halogenated alkanes) is 1. The van der Waals surface area contributed by atoms with Crippen LogP contribution in [0.25, 0.3) is 0 Å². The molecule has 2 atom stereocenters. The van der Waals surface area contributed by atoms with Crippen LogP contribution in [0, 0.1) is 5.92 Å². The zero-order valence-electron chi connectivity index (χ0n) is 16.2. The number of imide groups is 1. The molecule has 3 rings (SSSR count). The first kappa shape index (κ1) is 19.7. The van der Waals surface area contributed by atoms with E-state index in [1.807, 2.05) is 6.07 Å². The maximum atomic E-state index is 12.4. The SMILES string of the molecule is CC1CC(=O)N(CCCCN2CCN(c3ncccn3)CC2)C(=O)C1(C)O. The van der Waals surface area contributed by atoms with Crippen molar-refractivity contribution >= 4 is 17.8 Å². The molecule has 0 aromatic carbocycles. The van der Waals surface area contributed by atoms with Gasteiger partial charge in [-0.3, -0.25) is 19.4 Å². The maximum Gasteiger partial charge on any atom is 0.261 e. The van der Waals surface area contributed by atoms with Gasteiger partial charge in [0.05, 0.1) is 0 Å². The van der Waals surface area contributed by atoms with Crippen molar-refractivity contribution in [3.05, 3.63) is 18.5 Å². The minimum Gasteiger partial charge on any atom is -0.380 e. The third kappa shape index (κ3) is 4.44. The van der Waals surface area contributed by atoms with Crippen LogP contribution in [0.2, 0.25) is 0 Å². The van der Waals surface area contributed by atoms with Crippen LogP contribution in [0.4, 0.5) is 5.95 Å². The fourth-order valence-corrected chi connectivity index (χ4v) is 3.63. The Bertz CT molecular complexity index is 659. The van der Waals surface area contributed by atoms with E-state index in [0.717, 1.165) is 51.5 Å². The number of amides is 2. The van der Waals surface area contributed by atoms with E-state index in [1.165, 1.54) is 11.8 Å². The molecule has 1 aromatic rings. The average molecular weight is 375 g/mol. The van der Waals surface area contributed by atoms with E-state index in [0.29, 0.717) is 6.54 Å². The first-order valence-electron chi connectivity index (χ1n) is 9.71. The molecule has 2 amide bonds. The summed E-state index contributed by atoms with van der Waals surface area (Å²) in [5, 5.41) is 10.3. The van der Waals surface area contributed by atoms with Gasteiger partial charge in [-0.2, -0.15) is 0 Å². The molecule has 1 aromatic heterocycles. The largest absolute Gasteiger partial charge is 0.380 e. The lowest BCUT2D eigenvalue weighted by molar-refractivity contribution is -0.170. The van der Waals surface area contributed by atoms with Crippen molar-refractivity contribution in [2.75, 3.05) is 44.2 Å². The fraction of sp³-hybridized carbons (Fsp3) is 0.684. The van der Waals surface area contributed by atoms with Crippen LogP contribution in [0.15, 0.2) is 18.5 Å². The molecular formula is C19H29N5O3. The highest BCUT2D eigenvalue weighted by Gasteiger charge is 2.46. The number of rotatable bonds is 6. The van der Waals surface area contributed by atoms with Crippen LogP contribution in [-0.2, 0) is 9.59 Å². The number of likely N-dealkylation sites (tertiary alicyclic amines) is 1. The van der Waals surface area contributed by atoms with Crippen LogP contribution in [0.5, 0.6) is 0 Å². The smallest absolute Gasteiger partial charge is 0.261 e. The fourth-order valence-electron chi connectivity index (χ4n) is 3.63. The number of carbonyl (C=O) groups is 2. The molecule has 27 heavy (non-hydrogen) atoms. The van der Waals surface area contributed by atoms with Crippen molar-refractivity contribution in [2.24, 2.45) is 5.92 Å². The van der Waals surface area contributed by atoms with Gasteiger partial charge < -0.3 is 10.0 Å². The van der Waals surface area contributed by atoms with E-state index in [9.17, 15) is 14.7 Å². The Morgan fingerprint density at radius 3 is 2.41 bits per heavy atom. The van der Waals surface area contributed by atoms with Gasteiger partial charge in [-0.25, -0.2) is 9.97 Å². The Morgan fingerprint density at radius 1 is 1.11 bits per heavy atom. The van der Waals surface area contributed by atoms with E-state index < -0.39 is 11.5 Å². The normalized spacial score (nSPS) is 27.3. The zero-order valence-corrected chi connectivity index (χ0v) is 16.2. The molecular weight excluding hydrogens is 346 g/mol. The van der Waals surface area contributed by atoms with Crippen LogP contribution < -0.4 is 4.90 Å².